The van der Waals surface area contributed by atoms with Crippen molar-refractivity contribution in [2.45, 2.75) is 39.2 Å². The van der Waals surface area contributed by atoms with Gasteiger partial charge in [0.25, 0.3) is 0 Å². The number of methoxy groups -OCH3 is 1. The van der Waals surface area contributed by atoms with E-state index in [4.69, 9.17) is 14.2 Å². The van der Waals surface area contributed by atoms with Crippen LogP contribution in [0.15, 0.2) is 0 Å². The quantitative estimate of drug-likeness (QED) is 0.566. The van der Waals surface area contributed by atoms with Crippen molar-refractivity contribution in [3.63, 3.8) is 0 Å². The zero-order valence-electron chi connectivity index (χ0n) is 11.9. The molecule has 0 heterocycles. The lowest BCUT2D eigenvalue weighted by atomic mass is 10.1. The van der Waals surface area contributed by atoms with Gasteiger partial charge in [0.05, 0.1) is 13.2 Å². The Bertz CT molecular complexity index is 157. The fourth-order valence-corrected chi connectivity index (χ4v) is 1.26. The summed E-state index contributed by atoms with van der Waals surface area (Å²) in [6, 6.07) is 0. The van der Waals surface area contributed by atoms with Crippen molar-refractivity contribution in [3.05, 3.63) is 0 Å². The first-order valence-electron chi connectivity index (χ1n) is 6.46. The average molecular weight is 247 g/mol. The molecule has 104 valence electrons. The van der Waals surface area contributed by atoms with E-state index in [0.29, 0.717) is 13.2 Å². The van der Waals surface area contributed by atoms with Crippen LogP contribution in [-0.4, -0.2) is 52.2 Å². The van der Waals surface area contributed by atoms with Gasteiger partial charge in [-0.1, -0.05) is 0 Å². The molecule has 0 radical (unpaired) electrons. The summed E-state index contributed by atoms with van der Waals surface area (Å²) < 4.78 is 15.8. The van der Waals surface area contributed by atoms with E-state index in [9.17, 15) is 0 Å². The standard InChI is InChI=1S/C13H29NO3/c1-13(2,3)14-7-5-9-16-11-12-17-10-6-8-15-4/h14H,5-12H2,1-4H3. The Balaban J connectivity index is 2.99. The Morgan fingerprint density at radius 1 is 0.824 bits per heavy atom. The predicted molar refractivity (Wildman–Crippen MR) is 70.5 cm³/mol. The van der Waals surface area contributed by atoms with Crippen LogP contribution < -0.4 is 5.32 Å². The molecule has 17 heavy (non-hydrogen) atoms. The summed E-state index contributed by atoms with van der Waals surface area (Å²) in [7, 11) is 1.70. The lowest BCUT2D eigenvalue weighted by molar-refractivity contribution is 0.0389. The van der Waals surface area contributed by atoms with Gasteiger partial charge in [-0.2, -0.15) is 0 Å². The first-order valence-corrected chi connectivity index (χ1v) is 6.46. The molecule has 0 aromatic heterocycles. The van der Waals surface area contributed by atoms with Gasteiger partial charge in [-0.3, -0.25) is 0 Å². The fraction of sp³-hybridized carbons (Fsp3) is 1.00. The molecule has 0 aliphatic heterocycles. The Kier molecular flexibility index (Phi) is 10.9. The molecule has 0 aromatic carbocycles. The van der Waals surface area contributed by atoms with Gasteiger partial charge in [0, 0.05) is 32.5 Å². The van der Waals surface area contributed by atoms with Gasteiger partial charge in [0.15, 0.2) is 0 Å². The number of nitrogens with one attached hydrogen (secondary N) is 1. The van der Waals surface area contributed by atoms with Gasteiger partial charge in [0.2, 0.25) is 0 Å². The van der Waals surface area contributed by atoms with Crippen molar-refractivity contribution in [3.8, 4) is 0 Å². The highest BCUT2D eigenvalue weighted by Gasteiger charge is 2.06. The molecule has 0 atom stereocenters. The molecule has 0 saturated heterocycles. The first kappa shape index (κ1) is 16.8. The van der Waals surface area contributed by atoms with Crippen LogP contribution in [0.4, 0.5) is 0 Å². The summed E-state index contributed by atoms with van der Waals surface area (Å²) in [5.74, 6) is 0. The molecule has 0 fully saturated rings. The van der Waals surface area contributed by atoms with Gasteiger partial charge in [0.1, 0.15) is 0 Å². The Morgan fingerprint density at radius 3 is 1.94 bits per heavy atom. The smallest absolute Gasteiger partial charge is 0.0700 e. The molecule has 0 saturated carbocycles. The van der Waals surface area contributed by atoms with E-state index in [0.717, 1.165) is 39.2 Å². The van der Waals surface area contributed by atoms with E-state index in [1.54, 1.807) is 7.11 Å². The molecule has 0 aromatic rings. The third kappa shape index (κ3) is 15.8. The molecule has 4 heteroatoms. The van der Waals surface area contributed by atoms with Crippen LogP contribution in [0.2, 0.25) is 0 Å². The lowest BCUT2D eigenvalue weighted by Gasteiger charge is -2.20. The lowest BCUT2D eigenvalue weighted by Crippen LogP contribution is -2.36. The SMILES string of the molecule is COCCCOCCOCCCNC(C)(C)C. The minimum absolute atomic E-state index is 0.199. The molecular formula is C13H29NO3. The van der Waals surface area contributed by atoms with E-state index >= 15 is 0 Å². The number of hydrogen-bond donors (Lipinski definition) is 1. The summed E-state index contributed by atoms with van der Waals surface area (Å²) in [4.78, 5) is 0. The molecule has 0 amide bonds. The Hall–Kier alpha value is -0.160. The molecule has 0 aliphatic carbocycles. The fourth-order valence-electron chi connectivity index (χ4n) is 1.26. The summed E-state index contributed by atoms with van der Waals surface area (Å²) in [5, 5.41) is 3.42. The number of hydrogen-bond acceptors (Lipinski definition) is 4. The topological polar surface area (TPSA) is 39.7 Å². The van der Waals surface area contributed by atoms with Crippen molar-refractivity contribution >= 4 is 0 Å². The monoisotopic (exact) mass is 247 g/mol. The minimum Gasteiger partial charge on any atom is -0.385 e. The second kappa shape index (κ2) is 11.0. The first-order chi connectivity index (χ1) is 8.06. The summed E-state index contributed by atoms with van der Waals surface area (Å²) in [6.07, 6.45) is 1.99. The van der Waals surface area contributed by atoms with E-state index in [-0.39, 0.29) is 5.54 Å². The maximum Gasteiger partial charge on any atom is 0.0700 e. The van der Waals surface area contributed by atoms with Crippen LogP contribution in [0.25, 0.3) is 0 Å². The van der Waals surface area contributed by atoms with Crippen LogP contribution in [0, 0.1) is 0 Å². The van der Waals surface area contributed by atoms with Gasteiger partial charge in [-0.05, 0) is 40.2 Å². The normalized spacial score (nSPS) is 12.0. The van der Waals surface area contributed by atoms with Crippen molar-refractivity contribution in [2.24, 2.45) is 0 Å². The molecule has 0 spiro atoms. The van der Waals surface area contributed by atoms with Crippen LogP contribution in [0.5, 0.6) is 0 Å². The van der Waals surface area contributed by atoms with Gasteiger partial charge in [-0.15, -0.1) is 0 Å². The largest absolute Gasteiger partial charge is 0.385 e. The molecular weight excluding hydrogens is 218 g/mol. The predicted octanol–water partition coefficient (Wildman–Crippen LogP) is 1.83. The average Bonchev–Trinajstić information content (AvgIpc) is 2.24. The highest BCUT2D eigenvalue weighted by atomic mass is 16.5. The van der Waals surface area contributed by atoms with Crippen LogP contribution in [0.3, 0.4) is 0 Å². The summed E-state index contributed by atoms with van der Waals surface area (Å²) in [6.45, 7) is 11.2. The molecule has 0 bridgehead atoms. The van der Waals surface area contributed by atoms with Crippen molar-refractivity contribution < 1.29 is 14.2 Å². The van der Waals surface area contributed by atoms with Crippen LogP contribution in [-0.2, 0) is 14.2 Å². The van der Waals surface area contributed by atoms with Crippen molar-refractivity contribution in [2.75, 3.05) is 46.7 Å². The maximum atomic E-state index is 5.46. The van der Waals surface area contributed by atoms with E-state index in [1.807, 2.05) is 0 Å². The van der Waals surface area contributed by atoms with E-state index in [2.05, 4.69) is 26.1 Å². The van der Waals surface area contributed by atoms with Crippen LogP contribution >= 0.6 is 0 Å². The molecule has 0 aliphatic rings. The van der Waals surface area contributed by atoms with Crippen molar-refractivity contribution in [1.82, 2.24) is 5.32 Å². The number of ether oxygens (including phenoxy) is 3. The highest BCUT2D eigenvalue weighted by molar-refractivity contribution is 4.69. The van der Waals surface area contributed by atoms with Crippen molar-refractivity contribution in [1.29, 1.82) is 0 Å². The summed E-state index contributed by atoms with van der Waals surface area (Å²) in [5.41, 5.74) is 0.199. The third-order valence-corrected chi connectivity index (χ3v) is 2.13. The molecule has 1 N–H and O–H groups in total. The molecule has 4 nitrogen and oxygen atoms in total. The third-order valence-electron chi connectivity index (χ3n) is 2.13. The minimum atomic E-state index is 0.199. The van der Waals surface area contributed by atoms with Gasteiger partial charge < -0.3 is 19.5 Å². The number of rotatable bonds is 11. The second-order valence-corrected chi connectivity index (χ2v) is 5.10. The highest BCUT2D eigenvalue weighted by Crippen LogP contribution is 1.97. The van der Waals surface area contributed by atoms with Crippen LogP contribution in [0.1, 0.15) is 33.6 Å². The molecule has 0 rings (SSSR count). The Morgan fingerprint density at radius 2 is 1.41 bits per heavy atom. The van der Waals surface area contributed by atoms with E-state index < -0.39 is 0 Å². The zero-order valence-corrected chi connectivity index (χ0v) is 11.9. The molecule has 0 unspecified atom stereocenters. The van der Waals surface area contributed by atoms with E-state index in [1.165, 1.54) is 0 Å². The van der Waals surface area contributed by atoms with Gasteiger partial charge in [-0.25, -0.2) is 0 Å². The zero-order chi connectivity index (χ0) is 13.0. The maximum absolute atomic E-state index is 5.46. The Labute approximate surface area is 106 Å². The van der Waals surface area contributed by atoms with Gasteiger partial charge >= 0.3 is 0 Å². The summed E-state index contributed by atoms with van der Waals surface area (Å²) >= 11 is 0. The second-order valence-electron chi connectivity index (χ2n) is 5.10.